The van der Waals surface area contributed by atoms with Gasteiger partial charge in [-0.2, -0.15) is 0 Å². The molecule has 136 valence electrons. The molecule has 1 N–H and O–H groups in total. The number of piperazine rings is 1. The minimum Gasteiger partial charge on any atom is -0.372 e. The number of anilines is 1. The number of carbonyl (C=O) groups excluding carboxylic acids is 2. The molecule has 3 rings (SSSR count). The van der Waals surface area contributed by atoms with Crippen molar-refractivity contribution in [3.05, 3.63) is 24.0 Å². The summed E-state index contributed by atoms with van der Waals surface area (Å²) in [5.74, 6) is -0.352. The van der Waals surface area contributed by atoms with Crippen LogP contribution in [0.15, 0.2) is 18.3 Å². The highest BCUT2D eigenvalue weighted by Crippen LogP contribution is 2.24. The van der Waals surface area contributed by atoms with Gasteiger partial charge in [0.2, 0.25) is 5.91 Å². The SMILES string of the molecule is C[C@H]1CN(c2ccnc(C(=O)N3CCNC(=O)C3(C)C)c2)C[C@H](C)O1. The molecule has 0 unspecified atom stereocenters. The molecule has 1 aromatic rings. The first-order valence-corrected chi connectivity index (χ1v) is 8.76. The van der Waals surface area contributed by atoms with Crippen LogP contribution in [0.3, 0.4) is 0 Å². The zero-order valence-corrected chi connectivity index (χ0v) is 15.3. The first-order chi connectivity index (χ1) is 11.8. The van der Waals surface area contributed by atoms with Gasteiger partial charge in [-0.15, -0.1) is 0 Å². The van der Waals surface area contributed by atoms with Crippen molar-refractivity contribution in [2.24, 2.45) is 0 Å². The molecule has 2 atom stereocenters. The Balaban J connectivity index is 1.83. The number of ether oxygens (including phenoxy) is 1. The Hall–Kier alpha value is -2.15. The molecular weight excluding hydrogens is 320 g/mol. The highest BCUT2D eigenvalue weighted by Gasteiger charge is 2.41. The van der Waals surface area contributed by atoms with Crippen molar-refractivity contribution < 1.29 is 14.3 Å². The minimum absolute atomic E-state index is 0.140. The number of hydrogen-bond donors (Lipinski definition) is 1. The van der Waals surface area contributed by atoms with Crippen molar-refractivity contribution >= 4 is 17.5 Å². The summed E-state index contributed by atoms with van der Waals surface area (Å²) in [5, 5.41) is 2.81. The smallest absolute Gasteiger partial charge is 0.273 e. The summed E-state index contributed by atoms with van der Waals surface area (Å²) in [6.07, 6.45) is 1.94. The second-order valence-corrected chi connectivity index (χ2v) is 7.33. The Morgan fingerprint density at radius 1 is 1.32 bits per heavy atom. The lowest BCUT2D eigenvalue weighted by Crippen LogP contribution is -2.63. The van der Waals surface area contributed by atoms with Gasteiger partial charge in [-0.1, -0.05) is 0 Å². The summed E-state index contributed by atoms with van der Waals surface area (Å²) in [7, 11) is 0. The lowest BCUT2D eigenvalue weighted by atomic mass is 9.98. The van der Waals surface area contributed by atoms with Gasteiger partial charge in [0.25, 0.3) is 5.91 Å². The minimum atomic E-state index is -0.880. The Kier molecular flexibility index (Phi) is 4.69. The molecule has 2 aliphatic rings. The van der Waals surface area contributed by atoms with E-state index in [2.05, 4.69) is 15.2 Å². The Morgan fingerprint density at radius 2 is 2.00 bits per heavy atom. The third-order valence-corrected chi connectivity index (χ3v) is 4.84. The van der Waals surface area contributed by atoms with Crippen LogP contribution in [-0.2, 0) is 9.53 Å². The van der Waals surface area contributed by atoms with Gasteiger partial charge in [0.1, 0.15) is 11.2 Å². The van der Waals surface area contributed by atoms with Crippen LogP contribution in [-0.4, -0.2) is 65.6 Å². The van der Waals surface area contributed by atoms with Crippen LogP contribution >= 0.6 is 0 Å². The number of amides is 2. The number of hydrogen-bond acceptors (Lipinski definition) is 5. The predicted molar refractivity (Wildman–Crippen MR) is 94.6 cm³/mol. The van der Waals surface area contributed by atoms with Gasteiger partial charge < -0.3 is 19.9 Å². The van der Waals surface area contributed by atoms with Crippen LogP contribution in [0.1, 0.15) is 38.2 Å². The molecule has 0 saturated carbocycles. The fraction of sp³-hybridized carbons (Fsp3) is 0.611. The number of morpholine rings is 1. The summed E-state index contributed by atoms with van der Waals surface area (Å²) in [6.45, 7) is 10.1. The fourth-order valence-electron chi connectivity index (χ4n) is 3.52. The zero-order chi connectivity index (χ0) is 18.2. The molecule has 7 nitrogen and oxygen atoms in total. The molecule has 2 saturated heterocycles. The number of carbonyl (C=O) groups is 2. The van der Waals surface area contributed by atoms with E-state index in [-0.39, 0.29) is 24.0 Å². The molecule has 2 aliphatic heterocycles. The Labute approximate surface area is 148 Å². The van der Waals surface area contributed by atoms with Gasteiger partial charge in [0, 0.05) is 38.1 Å². The molecule has 25 heavy (non-hydrogen) atoms. The second-order valence-electron chi connectivity index (χ2n) is 7.33. The summed E-state index contributed by atoms with van der Waals surface area (Å²) >= 11 is 0. The maximum absolute atomic E-state index is 13.0. The third kappa shape index (κ3) is 3.46. The molecule has 2 amide bonds. The second kappa shape index (κ2) is 6.63. The quantitative estimate of drug-likeness (QED) is 0.866. The lowest BCUT2D eigenvalue weighted by molar-refractivity contribution is -0.133. The van der Waals surface area contributed by atoms with E-state index in [1.54, 1.807) is 24.9 Å². The molecule has 0 bridgehead atoms. The number of pyridine rings is 1. The van der Waals surface area contributed by atoms with Gasteiger partial charge in [-0.05, 0) is 39.8 Å². The summed E-state index contributed by atoms with van der Waals surface area (Å²) < 4.78 is 5.77. The van der Waals surface area contributed by atoms with Crippen LogP contribution in [0.5, 0.6) is 0 Å². The number of nitrogens with zero attached hydrogens (tertiary/aromatic N) is 3. The van der Waals surface area contributed by atoms with E-state index >= 15 is 0 Å². The van der Waals surface area contributed by atoms with Crippen LogP contribution < -0.4 is 10.2 Å². The van der Waals surface area contributed by atoms with Crippen LogP contribution in [0.2, 0.25) is 0 Å². The van der Waals surface area contributed by atoms with Crippen molar-refractivity contribution in [1.29, 1.82) is 0 Å². The number of nitrogens with one attached hydrogen (secondary N) is 1. The highest BCUT2D eigenvalue weighted by atomic mass is 16.5. The molecule has 7 heteroatoms. The van der Waals surface area contributed by atoms with E-state index in [1.165, 1.54) is 0 Å². The van der Waals surface area contributed by atoms with E-state index in [0.717, 1.165) is 18.8 Å². The van der Waals surface area contributed by atoms with Crippen molar-refractivity contribution in [3.8, 4) is 0 Å². The highest BCUT2D eigenvalue weighted by molar-refractivity contribution is 5.99. The van der Waals surface area contributed by atoms with Gasteiger partial charge >= 0.3 is 0 Å². The first-order valence-electron chi connectivity index (χ1n) is 8.76. The Morgan fingerprint density at radius 3 is 2.68 bits per heavy atom. The van der Waals surface area contributed by atoms with Gasteiger partial charge in [0.15, 0.2) is 0 Å². The first kappa shape index (κ1) is 17.7. The average Bonchev–Trinajstić information content (AvgIpc) is 2.56. The van der Waals surface area contributed by atoms with Crippen LogP contribution in [0, 0.1) is 0 Å². The summed E-state index contributed by atoms with van der Waals surface area (Å²) in [4.78, 5) is 33.1. The standard InChI is InChI=1S/C18H26N4O3/c1-12-10-21(11-13(2)25-12)14-5-6-19-15(9-14)16(23)22-8-7-20-17(24)18(22,3)4/h5-6,9,12-13H,7-8,10-11H2,1-4H3,(H,20,24)/t12-,13-/m0/s1. The maximum atomic E-state index is 13.0. The van der Waals surface area contributed by atoms with E-state index < -0.39 is 5.54 Å². The normalized spacial score (nSPS) is 26.3. The summed E-state index contributed by atoms with van der Waals surface area (Å²) in [6, 6.07) is 3.73. The predicted octanol–water partition coefficient (Wildman–Crippen LogP) is 1.05. The van der Waals surface area contributed by atoms with Gasteiger partial charge in [-0.3, -0.25) is 14.6 Å². The average molecular weight is 346 g/mol. The monoisotopic (exact) mass is 346 g/mol. The largest absolute Gasteiger partial charge is 0.372 e. The zero-order valence-electron chi connectivity index (χ0n) is 15.3. The molecular formula is C18H26N4O3. The van der Waals surface area contributed by atoms with Gasteiger partial charge in [-0.25, -0.2) is 0 Å². The number of rotatable bonds is 2. The van der Waals surface area contributed by atoms with E-state index in [4.69, 9.17) is 4.74 Å². The summed E-state index contributed by atoms with van der Waals surface area (Å²) in [5.41, 5.74) is 0.446. The third-order valence-electron chi connectivity index (χ3n) is 4.84. The molecule has 2 fully saturated rings. The molecule has 0 radical (unpaired) electrons. The molecule has 0 aliphatic carbocycles. The van der Waals surface area contributed by atoms with E-state index in [0.29, 0.717) is 18.8 Å². The maximum Gasteiger partial charge on any atom is 0.273 e. The molecule has 0 aromatic carbocycles. The number of aromatic nitrogens is 1. The van der Waals surface area contributed by atoms with Crippen molar-refractivity contribution in [2.45, 2.75) is 45.4 Å². The van der Waals surface area contributed by atoms with Crippen LogP contribution in [0.4, 0.5) is 5.69 Å². The molecule has 1 aromatic heterocycles. The Bertz CT molecular complexity index is 666. The molecule has 3 heterocycles. The van der Waals surface area contributed by atoms with E-state index in [1.807, 2.05) is 26.0 Å². The fourth-order valence-corrected chi connectivity index (χ4v) is 3.52. The topological polar surface area (TPSA) is 74.8 Å². The van der Waals surface area contributed by atoms with Crippen LogP contribution in [0.25, 0.3) is 0 Å². The van der Waals surface area contributed by atoms with Crippen molar-refractivity contribution in [2.75, 3.05) is 31.1 Å². The van der Waals surface area contributed by atoms with Gasteiger partial charge in [0.05, 0.1) is 12.2 Å². The molecule has 0 spiro atoms. The van der Waals surface area contributed by atoms with Crippen molar-refractivity contribution in [1.82, 2.24) is 15.2 Å². The van der Waals surface area contributed by atoms with Crippen molar-refractivity contribution in [3.63, 3.8) is 0 Å². The lowest BCUT2D eigenvalue weighted by Gasteiger charge is -2.41. The van der Waals surface area contributed by atoms with E-state index in [9.17, 15) is 9.59 Å².